The van der Waals surface area contributed by atoms with Crippen LogP contribution in [-0.4, -0.2) is 12.5 Å². The minimum atomic E-state index is -0.0366. The SMILES string of the molecule is Cc1cccc(C(=O)NCc2ccc3c(c2)CCO3)c1. The van der Waals surface area contributed by atoms with E-state index in [1.54, 1.807) is 0 Å². The minimum Gasteiger partial charge on any atom is -0.493 e. The molecule has 2 aromatic rings. The Bertz CT molecular complexity index is 649. The topological polar surface area (TPSA) is 38.3 Å². The molecule has 102 valence electrons. The molecule has 1 aliphatic heterocycles. The lowest BCUT2D eigenvalue weighted by Gasteiger charge is -2.07. The number of amides is 1. The maximum absolute atomic E-state index is 12.1. The highest BCUT2D eigenvalue weighted by atomic mass is 16.5. The Hall–Kier alpha value is -2.29. The maximum atomic E-state index is 12.1. The molecule has 2 aromatic carbocycles. The number of hydrogen-bond donors (Lipinski definition) is 1. The molecule has 3 heteroatoms. The summed E-state index contributed by atoms with van der Waals surface area (Å²) in [5.41, 5.74) is 4.13. The van der Waals surface area contributed by atoms with Gasteiger partial charge in [0.05, 0.1) is 6.61 Å². The van der Waals surface area contributed by atoms with Crippen molar-refractivity contribution in [3.05, 3.63) is 64.7 Å². The van der Waals surface area contributed by atoms with E-state index >= 15 is 0 Å². The van der Waals surface area contributed by atoms with Crippen LogP contribution in [0.15, 0.2) is 42.5 Å². The van der Waals surface area contributed by atoms with Crippen molar-refractivity contribution in [1.82, 2.24) is 5.32 Å². The van der Waals surface area contributed by atoms with Gasteiger partial charge in [0.25, 0.3) is 5.91 Å². The normalized spacial score (nSPS) is 12.7. The Morgan fingerprint density at radius 2 is 2.15 bits per heavy atom. The number of nitrogens with one attached hydrogen (secondary N) is 1. The molecular formula is C17H17NO2. The van der Waals surface area contributed by atoms with Crippen molar-refractivity contribution >= 4 is 5.91 Å². The van der Waals surface area contributed by atoms with Gasteiger partial charge in [-0.15, -0.1) is 0 Å². The van der Waals surface area contributed by atoms with Gasteiger partial charge in [0, 0.05) is 18.5 Å². The van der Waals surface area contributed by atoms with E-state index in [2.05, 4.69) is 11.4 Å². The summed E-state index contributed by atoms with van der Waals surface area (Å²) < 4.78 is 5.47. The second kappa shape index (κ2) is 5.37. The molecule has 0 spiro atoms. The quantitative estimate of drug-likeness (QED) is 0.928. The second-order valence-corrected chi connectivity index (χ2v) is 5.09. The first-order valence-corrected chi connectivity index (χ1v) is 6.82. The van der Waals surface area contributed by atoms with Crippen LogP contribution in [-0.2, 0) is 13.0 Å². The predicted molar refractivity (Wildman–Crippen MR) is 78.0 cm³/mol. The molecule has 1 aliphatic rings. The van der Waals surface area contributed by atoms with Crippen molar-refractivity contribution in [2.24, 2.45) is 0 Å². The number of ether oxygens (including phenoxy) is 1. The van der Waals surface area contributed by atoms with Gasteiger partial charge >= 0.3 is 0 Å². The van der Waals surface area contributed by atoms with Crippen LogP contribution < -0.4 is 10.1 Å². The first-order chi connectivity index (χ1) is 9.72. The fourth-order valence-corrected chi connectivity index (χ4v) is 2.42. The molecule has 0 fully saturated rings. The molecule has 3 nitrogen and oxygen atoms in total. The molecule has 0 aliphatic carbocycles. The maximum Gasteiger partial charge on any atom is 0.251 e. The number of hydrogen-bond acceptors (Lipinski definition) is 2. The average molecular weight is 267 g/mol. The molecule has 1 amide bonds. The van der Waals surface area contributed by atoms with Gasteiger partial charge in [-0.3, -0.25) is 4.79 Å². The fraction of sp³-hybridized carbons (Fsp3) is 0.235. The average Bonchev–Trinajstić information content (AvgIpc) is 2.92. The first-order valence-electron chi connectivity index (χ1n) is 6.82. The molecule has 0 saturated carbocycles. The third-order valence-electron chi connectivity index (χ3n) is 3.49. The van der Waals surface area contributed by atoms with Crippen LogP contribution in [0.25, 0.3) is 0 Å². The lowest BCUT2D eigenvalue weighted by Crippen LogP contribution is -2.22. The third kappa shape index (κ3) is 2.67. The van der Waals surface area contributed by atoms with Crippen molar-refractivity contribution in [3.63, 3.8) is 0 Å². The van der Waals surface area contributed by atoms with E-state index in [0.717, 1.165) is 29.9 Å². The number of carbonyl (C=O) groups excluding carboxylic acids is 1. The van der Waals surface area contributed by atoms with Gasteiger partial charge in [0.2, 0.25) is 0 Å². The lowest BCUT2D eigenvalue weighted by molar-refractivity contribution is 0.0951. The summed E-state index contributed by atoms with van der Waals surface area (Å²) >= 11 is 0. The molecular weight excluding hydrogens is 250 g/mol. The molecule has 1 heterocycles. The summed E-state index contributed by atoms with van der Waals surface area (Å²) in [6, 6.07) is 13.7. The molecule has 0 bridgehead atoms. The van der Waals surface area contributed by atoms with Gasteiger partial charge in [0.1, 0.15) is 5.75 Å². The summed E-state index contributed by atoms with van der Waals surface area (Å²) in [6.45, 7) is 3.28. The summed E-state index contributed by atoms with van der Waals surface area (Å²) in [6.07, 6.45) is 0.953. The van der Waals surface area contributed by atoms with Crippen LogP contribution in [0, 0.1) is 6.92 Å². The largest absolute Gasteiger partial charge is 0.493 e. The molecule has 0 aromatic heterocycles. The van der Waals surface area contributed by atoms with Crippen molar-refractivity contribution in [2.45, 2.75) is 19.9 Å². The lowest BCUT2D eigenvalue weighted by atomic mass is 10.1. The molecule has 20 heavy (non-hydrogen) atoms. The smallest absolute Gasteiger partial charge is 0.251 e. The van der Waals surface area contributed by atoms with Crippen molar-refractivity contribution in [2.75, 3.05) is 6.61 Å². The van der Waals surface area contributed by atoms with E-state index in [1.807, 2.05) is 43.3 Å². The van der Waals surface area contributed by atoms with Gasteiger partial charge in [-0.05, 0) is 36.2 Å². The van der Waals surface area contributed by atoms with Crippen LogP contribution in [0.4, 0.5) is 0 Å². The van der Waals surface area contributed by atoms with Gasteiger partial charge in [0.15, 0.2) is 0 Å². The molecule has 3 rings (SSSR count). The Labute approximate surface area is 118 Å². The Morgan fingerprint density at radius 1 is 1.25 bits per heavy atom. The monoisotopic (exact) mass is 267 g/mol. The van der Waals surface area contributed by atoms with Gasteiger partial charge in [-0.2, -0.15) is 0 Å². The molecule has 0 atom stereocenters. The van der Waals surface area contributed by atoms with Crippen LogP contribution >= 0.6 is 0 Å². The molecule has 0 saturated heterocycles. The summed E-state index contributed by atoms with van der Waals surface area (Å²) in [5.74, 6) is 0.934. The van der Waals surface area contributed by atoms with Gasteiger partial charge < -0.3 is 10.1 Å². The Balaban J connectivity index is 1.66. The summed E-state index contributed by atoms with van der Waals surface area (Å²) in [4.78, 5) is 12.1. The molecule has 1 N–H and O–H groups in total. The van der Waals surface area contributed by atoms with E-state index in [4.69, 9.17) is 4.74 Å². The number of benzene rings is 2. The van der Waals surface area contributed by atoms with E-state index in [0.29, 0.717) is 12.1 Å². The standard InChI is InChI=1S/C17H17NO2/c1-12-3-2-4-15(9-12)17(19)18-11-13-5-6-16-14(10-13)7-8-20-16/h2-6,9-10H,7-8,11H2,1H3,(H,18,19). The van der Waals surface area contributed by atoms with Crippen LogP contribution in [0.3, 0.4) is 0 Å². The zero-order valence-corrected chi connectivity index (χ0v) is 11.5. The van der Waals surface area contributed by atoms with Crippen LogP contribution in [0.5, 0.6) is 5.75 Å². The fourth-order valence-electron chi connectivity index (χ4n) is 2.42. The number of carbonyl (C=O) groups is 1. The van der Waals surface area contributed by atoms with Gasteiger partial charge in [-0.1, -0.05) is 29.8 Å². The second-order valence-electron chi connectivity index (χ2n) is 5.09. The Kier molecular flexibility index (Phi) is 3.42. The highest BCUT2D eigenvalue weighted by Gasteiger charge is 2.12. The third-order valence-corrected chi connectivity index (χ3v) is 3.49. The van der Waals surface area contributed by atoms with E-state index in [-0.39, 0.29) is 5.91 Å². The summed E-state index contributed by atoms with van der Waals surface area (Å²) in [5, 5.41) is 2.95. The van der Waals surface area contributed by atoms with Gasteiger partial charge in [-0.25, -0.2) is 0 Å². The van der Waals surface area contributed by atoms with Crippen LogP contribution in [0.1, 0.15) is 27.0 Å². The number of rotatable bonds is 3. The highest BCUT2D eigenvalue weighted by molar-refractivity contribution is 5.94. The molecule has 0 unspecified atom stereocenters. The highest BCUT2D eigenvalue weighted by Crippen LogP contribution is 2.25. The molecule has 0 radical (unpaired) electrons. The predicted octanol–water partition coefficient (Wildman–Crippen LogP) is 2.86. The zero-order chi connectivity index (χ0) is 13.9. The first kappa shape index (κ1) is 12.7. The van der Waals surface area contributed by atoms with Crippen molar-refractivity contribution in [1.29, 1.82) is 0 Å². The number of fused-ring (bicyclic) bond motifs is 1. The summed E-state index contributed by atoms with van der Waals surface area (Å²) in [7, 11) is 0. The minimum absolute atomic E-state index is 0.0366. The van der Waals surface area contributed by atoms with Crippen molar-refractivity contribution in [3.8, 4) is 5.75 Å². The zero-order valence-electron chi connectivity index (χ0n) is 11.5. The van der Waals surface area contributed by atoms with Crippen LogP contribution in [0.2, 0.25) is 0 Å². The number of aryl methyl sites for hydroxylation is 1. The Morgan fingerprint density at radius 3 is 3.00 bits per heavy atom. The van der Waals surface area contributed by atoms with Crippen molar-refractivity contribution < 1.29 is 9.53 Å². The van der Waals surface area contributed by atoms with E-state index in [9.17, 15) is 4.79 Å². The van der Waals surface area contributed by atoms with E-state index < -0.39 is 0 Å². The van der Waals surface area contributed by atoms with E-state index in [1.165, 1.54) is 5.56 Å².